The highest BCUT2D eigenvalue weighted by Gasteiger charge is 2.04. The fourth-order valence-corrected chi connectivity index (χ4v) is 1.57. The third-order valence-electron chi connectivity index (χ3n) is 2.24. The Bertz CT molecular complexity index is 417. The lowest BCUT2D eigenvalue weighted by molar-refractivity contribution is 0.719. The quantitative estimate of drug-likeness (QED) is 0.797. The summed E-state index contributed by atoms with van der Waals surface area (Å²) in [6, 6.07) is 12.3. The zero-order chi connectivity index (χ0) is 10.7. The molecule has 1 heterocycles. The van der Waals surface area contributed by atoms with Gasteiger partial charge in [0.25, 0.3) is 0 Å². The summed E-state index contributed by atoms with van der Waals surface area (Å²) < 4.78 is 0. The van der Waals surface area contributed by atoms with Crippen molar-refractivity contribution in [2.24, 2.45) is 5.73 Å². The van der Waals surface area contributed by atoms with E-state index in [4.69, 9.17) is 5.73 Å². The molecule has 0 unspecified atom stereocenters. The summed E-state index contributed by atoms with van der Waals surface area (Å²) in [5, 5.41) is 7.26. The highest BCUT2D eigenvalue weighted by Crippen LogP contribution is 2.17. The van der Waals surface area contributed by atoms with Crippen molar-refractivity contribution in [3.8, 4) is 11.3 Å². The second kappa shape index (κ2) is 4.28. The first-order valence-electron chi connectivity index (χ1n) is 5.11. The summed E-state index contributed by atoms with van der Waals surface area (Å²) >= 11 is 0. The van der Waals surface area contributed by atoms with Gasteiger partial charge in [0.15, 0.2) is 0 Å². The zero-order valence-electron chi connectivity index (χ0n) is 8.77. The minimum Gasteiger partial charge on any atom is -0.328 e. The molecule has 0 fully saturated rings. The maximum Gasteiger partial charge on any atom is 0.0923 e. The lowest BCUT2D eigenvalue weighted by atomic mass is 10.1. The van der Waals surface area contributed by atoms with E-state index >= 15 is 0 Å². The highest BCUT2D eigenvalue weighted by molar-refractivity contribution is 5.58. The number of hydrogen-bond acceptors (Lipinski definition) is 2. The third kappa shape index (κ3) is 2.44. The Labute approximate surface area is 89.3 Å². The Kier molecular flexibility index (Phi) is 2.83. The van der Waals surface area contributed by atoms with Crippen LogP contribution in [0.15, 0.2) is 36.4 Å². The van der Waals surface area contributed by atoms with Gasteiger partial charge >= 0.3 is 0 Å². The Balaban J connectivity index is 2.21. The van der Waals surface area contributed by atoms with Crippen molar-refractivity contribution in [1.29, 1.82) is 0 Å². The highest BCUT2D eigenvalue weighted by atomic mass is 15.1. The molecule has 0 spiro atoms. The van der Waals surface area contributed by atoms with Crippen molar-refractivity contribution < 1.29 is 0 Å². The van der Waals surface area contributed by atoms with Crippen molar-refractivity contribution >= 4 is 0 Å². The molecule has 15 heavy (non-hydrogen) atoms. The maximum atomic E-state index is 5.72. The summed E-state index contributed by atoms with van der Waals surface area (Å²) in [5.41, 5.74) is 8.92. The molecule has 2 aromatic rings. The number of rotatable bonds is 3. The predicted molar refractivity (Wildman–Crippen MR) is 61.4 cm³/mol. The van der Waals surface area contributed by atoms with Crippen LogP contribution in [0.5, 0.6) is 0 Å². The average Bonchev–Trinajstić information content (AvgIpc) is 2.67. The van der Waals surface area contributed by atoms with E-state index in [1.165, 1.54) is 0 Å². The molecular formula is C12H15N3. The van der Waals surface area contributed by atoms with Crippen LogP contribution in [0, 0.1) is 0 Å². The van der Waals surface area contributed by atoms with E-state index in [0.29, 0.717) is 0 Å². The summed E-state index contributed by atoms with van der Waals surface area (Å²) in [5.74, 6) is 0. The second-order valence-electron chi connectivity index (χ2n) is 3.83. The number of aromatic amines is 1. The monoisotopic (exact) mass is 201 g/mol. The van der Waals surface area contributed by atoms with Crippen LogP contribution >= 0.6 is 0 Å². The number of benzene rings is 1. The molecule has 1 aromatic carbocycles. The van der Waals surface area contributed by atoms with Crippen molar-refractivity contribution in [2.75, 3.05) is 0 Å². The Morgan fingerprint density at radius 1 is 1.33 bits per heavy atom. The topological polar surface area (TPSA) is 54.7 Å². The van der Waals surface area contributed by atoms with E-state index in [2.05, 4.69) is 16.3 Å². The molecule has 0 aliphatic rings. The molecule has 3 nitrogen and oxygen atoms in total. The lowest BCUT2D eigenvalue weighted by Crippen LogP contribution is -2.17. The van der Waals surface area contributed by atoms with Gasteiger partial charge in [0, 0.05) is 23.7 Å². The molecule has 2 rings (SSSR count). The van der Waals surface area contributed by atoms with Crippen LogP contribution in [0.1, 0.15) is 12.6 Å². The molecule has 0 amide bonds. The van der Waals surface area contributed by atoms with E-state index < -0.39 is 0 Å². The molecule has 1 aromatic heterocycles. The minimum absolute atomic E-state index is 0.161. The van der Waals surface area contributed by atoms with Crippen molar-refractivity contribution in [3.05, 3.63) is 42.1 Å². The number of nitrogens with zero attached hydrogens (tertiary/aromatic N) is 1. The molecule has 0 aliphatic heterocycles. The fraction of sp³-hybridized carbons (Fsp3) is 0.250. The lowest BCUT2D eigenvalue weighted by Gasteiger charge is -1.99. The van der Waals surface area contributed by atoms with Gasteiger partial charge in [-0.1, -0.05) is 30.3 Å². The molecule has 0 aliphatic carbocycles. The molecule has 0 bridgehead atoms. The Morgan fingerprint density at radius 3 is 2.73 bits per heavy atom. The van der Waals surface area contributed by atoms with Gasteiger partial charge < -0.3 is 5.73 Å². The molecule has 0 radical (unpaired) electrons. The summed E-state index contributed by atoms with van der Waals surface area (Å²) in [6.45, 7) is 1.99. The number of nitrogens with one attached hydrogen (secondary N) is 1. The van der Waals surface area contributed by atoms with E-state index in [9.17, 15) is 0 Å². The SMILES string of the molecule is C[C@@H](N)Cc1cc(-c2ccccc2)n[nH]1. The van der Waals surface area contributed by atoms with Crippen LogP contribution in [-0.4, -0.2) is 16.2 Å². The molecule has 0 saturated carbocycles. The van der Waals surface area contributed by atoms with Gasteiger partial charge in [-0.3, -0.25) is 5.10 Å². The second-order valence-corrected chi connectivity index (χ2v) is 3.83. The van der Waals surface area contributed by atoms with E-state index in [0.717, 1.165) is 23.4 Å². The van der Waals surface area contributed by atoms with Gasteiger partial charge in [-0.25, -0.2) is 0 Å². The van der Waals surface area contributed by atoms with Crippen LogP contribution < -0.4 is 5.73 Å². The van der Waals surface area contributed by atoms with Crippen molar-refractivity contribution in [1.82, 2.24) is 10.2 Å². The molecule has 78 valence electrons. The third-order valence-corrected chi connectivity index (χ3v) is 2.24. The first-order valence-corrected chi connectivity index (χ1v) is 5.11. The van der Waals surface area contributed by atoms with Gasteiger partial charge in [0.05, 0.1) is 5.69 Å². The van der Waals surface area contributed by atoms with Crippen LogP contribution in [-0.2, 0) is 6.42 Å². The average molecular weight is 201 g/mol. The normalized spacial score (nSPS) is 12.7. The summed E-state index contributed by atoms with van der Waals surface area (Å²) in [7, 11) is 0. The predicted octanol–water partition coefficient (Wildman–Crippen LogP) is 1.97. The summed E-state index contributed by atoms with van der Waals surface area (Å²) in [6.07, 6.45) is 0.833. The Morgan fingerprint density at radius 2 is 2.07 bits per heavy atom. The molecule has 1 atom stereocenters. The van der Waals surface area contributed by atoms with Crippen LogP contribution in [0.4, 0.5) is 0 Å². The van der Waals surface area contributed by atoms with Gasteiger partial charge in [0.2, 0.25) is 0 Å². The maximum absolute atomic E-state index is 5.72. The largest absolute Gasteiger partial charge is 0.328 e. The zero-order valence-corrected chi connectivity index (χ0v) is 8.77. The van der Waals surface area contributed by atoms with Gasteiger partial charge in [-0.2, -0.15) is 5.10 Å². The first-order chi connectivity index (χ1) is 7.25. The van der Waals surface area contributed by atoms with Crippen LogP contribution in [0.2, 0.25) is 0 Å². The van der Waals surface area contributed by atoms with Gasteiger partial charge in [-0.15, -0.1) is 0 Å². The number of aromatic nitrogens is 2. The summed E-state index contributed by atoms with van der Waals surface area (Å²) in [4.78, 5) is 0. The Hall–Kier alpha value is -1.61. The van der Waals surface area contributed by atoms with E-state index in [-0.39, 0.29) is 6.04 Å². The van der Waals surface area contributed by atoms with E-state index in [1.54, 1.807) is 0 Å². The smallest absolute Gasteiger partial charge is 0.0923 e. The van der Waals surface area contributed by atoms with E-state index in [1.807, 2.05) is 37.3 Å². The first kappa shape index (κ1) is 9.93. The van der Waals surface area contributed by atoms with Crippen molar-refractivity contribution in [2.45, 2.75) is 19.4 Å². The number of hydrogen-bond donors (Lipinski definition) is 2. The molecule has 3 heteroatoms. The molecular weight excluding hydrogens is 186 g/mol. The minimum atomic E-state index is 0.161. The fourth-order valence-electron chi connectivity index (χ4n) is 1.57. The van der Waals surface area contributed by atoms with Gasteiger partial charge in [-0.05, 0) is 13.0 Å². The van der Waals surface area contributed by atoms with Crippen LogP contribution in [0.3, 0.4) is 0 Å². The number of nitrogens with two attached hydrogens (primary N) is 1. The van der Waals surface area contributed by atoms with Gasteiger partial charge in [0.1, 0.15) is 0 Å². The van der Waals surface area contributed by atoms with Crippen LogP contribution in [0.25, 0.3) is 11.3 Å². The standard InChI is InChI=1S/C12H15N3/c1-9(13)7-11-8-12(15-14-11)10-5-3-2-4-6-10/h2-6,8-9H,7,13H2,1H3,(H,14,15)/t9-/m1/s1. The molecule has 3 N–H and O–H groups in total. The molecule has 0 saturated heterocycles. The van der Waals surface area contributed by atoms with Crippen molar-refractivity contribution in [3.63, 3.8) is 0 Å². The number of H-pyrrole nitrogens is 1.